The number of nitrogens with zero attached hydrogens (tertiary/aromatic N) is 1. The minimum absolute atomic E-state index is 0.000379. The van der Waals surface area contributed by atoms with Crippen molar-refractivity contribution in [1.29, 1.82) is 0 Å². The monoisotopic (exact) mass is 494 g/mol. The van der Waals surface area contributed by atoms with E-state index in [1.165, 1.54) is 19.2 Å². The minimum Gasteiger partial charge on any atom is -0.453 e. The smallest absolute Gasteiger partial charge is 0.406 e. The van der Waals surface area contributed by atoms with Gasteiger partial charge in [0.2, 0.25) is 0 Å². The van der Waals surface area contributed by atoms with E-state index >= 15 is 0 Å². The molecule has 2 aliphatic rings. The third-order valence-electron chi connectivity index (χ3n) is 6.62. The van der Waals surface area contributed by atoms with Crippen LogP contribution < -0.4 is 16.0 Å². The molecule has 2 saturated heterocycles. The number of amides is 3. The van der Waals surface area contributed by atoms with Gasteiger partial charge in [0.25, 0.3) is 0 Å². The zero-order chi connectivity index (χ0) is 25.0. The molecule has 4 atom stereocenters. The summed E-state index contributed by atoms with van der Waals surface area (Å²) in [7, 11) is 3.19. The summed E-state index contributed by atoms with van der Waals surface area (Å²) in [6, 6.07) is 6.32. The normalized spacial score (nSPS) is 21.9. The van der Waals surface area contributed by atoms with Gasteiger partial charge in [0.1, 0.15) is 5.82 Å². The van der Waals surface area contributed by atoms with E-state index in [1.54, 1.807) is 6.07 Å². The molecule has 0 spiro atoms. The molecule has 10 heteroatoms. The van der Waals surface area contributed by atoms with Gasteiger partial charge in [-0.1, -0.05) is 12.1 Å². The number of ether oxygens (including phenoxy) is 3. The fourth-order valence-corrected chi connectivity index (χ4v) is 4.92. The van der Waals surface area contributed by atoms with E-state index in [-0.39, 0.29) is 37.0 Å². The number of likely N-dealkylation sites (tertiary alicyclic amines) is 1. The van der Waals surface area contributed by atoms with Gasteiger partial charge < -0.3 is 35.1 Å². The van der Waals surface area contributed by atoms with Crippen LogP contribution in [-0.2, 0) is 14.2 Å². The van der Waals surface area contributed by atoms with Gasteiger partial charge in [-0.15, -0.1) is 0 Å². The summed E-state index contributed by atoms with van der Waals surface area (Å²) >= 11 is 0. The van der Waals surface area contributed by atoms with E-state index in [0.717, 1.165) is 44.5 Å². The van der Waals surface area contributed by atoms with Crippen molar-refractivity contribution in [2.24, 2.45) is 11.8 Å². The van der Waals surface area contributed by atoms with Crippen LogP contribution in [0, 0.1) is 17.7 Å². The van der Waals surface area contributed by atoms with Crippen molar-refractivity contribution < 1.29 is 28.2 Å². The van der Waals surface area contributed by atoms with Gasteiger partial charge in [-0.05, 0) is 56.3 Å². The predicted molar refractivity (Wildman–Crippen MR) is 130 cm³/mol. The van der Waals surface area contributed by atoms with Crippen LogP contribution in [0.4, 0.5) is 14.0 Å². The molecule has 0 saturated carbocycles. The molecule has 3 rings (SSSR count). The highest BCUT2D eigenvalue weighted by Crippen LogP contribution is 2.33. The third-order valence-corrected chi connectivity index (χ3v) is 6.62. The minimum atomic E-state index is -0.531. The predicted octanol–water partition coefficient (Wildman–Crippen LogP) is 2.68. The number of likely N-dealkylation sites (N-methyl/N-ethyl adjacent to an activating group) is 1. The van der Waals surface area contributed by atoms with Gasteiger partial charge in [0.05, 0.1) is 19.8 Å². The first-order valence-corrected chi connectivity index (χ1v) is 12.5. The molecule has 2 unspecified atom stereocenters. The number of hydrogen-bond donors (Lipinski definition) is 3. The molecule has 2 fully saturated rings. The van der Waals surface area contributed by atoms with Crippen LogP contribution in [-0.4, -0.2) is 83.2 Å². The van der Waals surface area contributed by atoms with Crippen molar-refractivity contribution in [2.45, 2.75) is 37.8 Å². The van der Waals surface area contributed by atoms with E-state index < -0.39 is 12.2 Å². The molecule has 0 radical (unpaired) electrons. The maximum atomic E-state index is 14.0. The number of alkyl carbamates (subject to hydrolysis) is 1. The summed E-state index contributed by atoms with van der Waals surface area (Å²) in [4.78, 5) is 26.3. The van der Waals surface area contributed by atoms with E-state index in [9.17, 15) is 14.0 Å². The van der Waals surface area contributed by atoms with Gasteiger partial charge in [-0.2, -0.15) is 0 Å². The summed E-state index contributed by atoms with van der Waals surface area (Å²) < 4.78 is 30.2. The molecule has 196 valence electrons. The number of hydrogen-bond acceptors (Lipinski definition) is 6. The van der Waals surface area contributed by atoms with Crippen molar-refractivity contribution in [2.75, 3.05) is 60.2 Å². The van der Waals surface area contributed by atoms with Crippen LogP contribution in [0.25, 0.3) is 0 Å². The maximum absolute atomic E-state index is 14.0. The number of rotatable bonds is 11. The highest BCUT2D eigenvalue weighted by atomic mass is 19.1. The van der Waals surface area contributed by atoms with Crippen LogP contribution in [0.3, 0.4) is 0 Å². The summed E-state index contributed by atoms with van der Waals surface area (Å²) in [6.07, 6.45) is 2.67. The summed E-state index contributed by atoms with van der Waals surface area (Å²) in [5.41, 5.74) is 0.726. The fourth-order valence-electron chi connectivity index (χ4n) is 4.92. The third kappa shape index (κ3) is 8.63. The summed E-state index contributed by atoms with van der Waals surface area (Å²) in [6.45, 7) is 3.92. The number of carbonyl (C=O) groups is 2. The van der Waals surface area contributed by atoms with Crippen LogP contribution >= 0.6 is 0 Å². The Morgan fingerprint density at radius 3 is 2.89 bits per heavy atom. The number of methoxy groups -OCH3 is 1. The second-order valence-electron chi connectivity index (χ2n) is 9.28. The second-order valence-corrected chi connectivity index (χ2v) is 9.28. The summed E-state index contributed by atoms with van der Waals surface area (Å²) in [5.74, 6) is 0.132. The van der Waals surface area contributed by atoms with Crippen molar-refractivity contribution in [3.05, 3.63) is 35.6 Å². The number of nitrogens with one attached hydrogen (secondary N) is 3. The number of urea groups is 1. The first-order chi connectivity index (χ1) is 17.0. The zero-order valence-corrected chi connectivity index (χ0v) is 20.8. The maximum Gasteiger partial charge on any atom is 0.406 e. The molecule has 3 amide bonds. The van der Waals surface area contributed by atoms with Gasteiger partial charge >= 0.3 is 12.1 Å². The van der Waals surface area contributed by atoms with Gasteiger partial charge in [-0.25, -0.2) is 14.0 Å². The molecule has 0 bridgehead atoms. The molecule has 3 N–H and O–H groups in total. The van der Waals surface area contributed by atoms with Gasteiger partial charge in [-0.3, -0.25) is 0 Å². The van der Waals surface area contributed by atoms with Crippen molar-refractivity contribution >= 4 is 12.1 Å². The van der Waals surface area contributed by atoms with E-state index in [1.807, 2.05) is 18.0 Å². The van der Waals surface area contributed by atoms with Crippen molar-refractivity contribution in [1.82, 2.24) is 20.9 Å². The average Bonchev–Trinajstić information content (AvgIpc) is 3.37. The largest absolute Gasteiger partial charge is 0.453 e. The van der Waals surface area contributed by atoms with Crippen LogP contribution in [0.15, 0.2) is 24.3 Å². The topological polar surface area (TPSA) is 101 Å². The molecule has 2 aliphatic heterocycles. The highest BCUT2D eigenvalue weighted by Gasteiger charge is 2.32. The van der Waals surface area contributed by atoms with Crippen molar-refractivity contribution in [3.8, 4) is 0 Å². The fraction of sp³-hybridized carbons (Fsp3) is 0.680. The lowest BCUT2D eigenvalue weighted by Gasteiger charge is -2.38. The Bertz CT molecular complexity index is 808. The van der Waals surface area contributed by atoms with Gasteiger partial charge in [0, 0.05) is 51.4 Å². The van der Waals surface area contributed by atoms with Crippen LogP contribution in [0.2, 0.25) is 0 Å². The number of carbonyl (C=O) groups excluding carboxylic acids is 2. The molecule has 9 nitrogen and oxygen atoms in total. The van der Waals surface area contributed by atoms with E-state index in [2.05, 4.69) is 20.7 Å². The molecule has 1 aromatic rings. The molecular weight excluding hydrogens is 455 g/mol. The Balaban J connectivity index is 1.62. The molecular formula is C25H39FN4O5. The Hall–Kier alpha value is -2.43. The quantitative estimate of drug-likeness (QED) is 0.409. The Labute approximate surface area is 207 Å². The Kier molecular flexibility index (Phi) is 11.0. The standard InChI is InChI=1S/C25H39FN4O5/c1-27-15-22(13-18-8-11-34-17-18)29-24(31)30-10-4-6-20(16-30)23(19-5-3-7-21(26)14-19)35-12-9-28-25(32)33-2/h3,5,7,14,18,20,22-23,27H,4,6,8-13,15-17H2,1-2H3,(H,28,32)(H,29,31)/t18?,20-,22?,23+/m1/s1. The molecule has 1 aromatic carbocycles. The molecule has 0 aromatic heterocycles. The molecule has 0 aliphatic carbocycles. The molecule has 35 heavy (non-hydrogen) atoms. The lowest BCUT2D eigenvalue weighted by molar-refractivity contribution is -0.00880. The van der Waals surface area contributed by atoms with E-state index in [0.29, 0.717) is 25.6 Å². The first kappa shape index (κ1) is 27.2. The lowest BCUT2D eigenvalue weighted by Crippen LogP contribution is -2.52. The zero-order valence-electron chi connectivity index (χ0n) is 20.8. The Morgan fingerprint density at radius 2 is 2.17 bits per heavy atom. The lowest BCUT2D eigenvalue weighted by atomic mass is 9.88. The van der Waals surface area contributed by atoms with Crippen LogP contribution in [0.5, 0.6) is 0 Å². The highest BCUT2D eigenvalue weighted by molar-refractivity contribution is 5.74. The number of halogens is 1. The van der Waals surface area contributed by atoms with Crippen molar-refractivity contribution in [3.63, 3.8) is 0 Å². The number of benzene rings is 1. The second kappa shape index (κ2) is 14.2. The average molecular weight is 495 g/mol. The molecule has 2 heterocycles. The number of piperidine rings is 1. The van der Waals surface area contributed by atoms with Crippen LogP contribution in [0.1, 0.15) is 37.4 Å². The van der Waals surface area contributed by atoms with Gasteiger partial charge in [0.15, 0.2) is 0 Å². The summed E-state index contributed by atoms with van der Waals surface area (Å²) in [5, 5.41) is 8.97. The first-order valence-electron chi connectivity index (χ1n) is 12.5. The SMILES string of the molecule is CNCC(CC1CCOC1)NC(=O)N1CCC[C@@H]([C@@H](OCCNC(=O)OC)c2cccc(F)c2)C1. The Morgan fingerprint density at radius 1 is 1.31 bits per heavy atom. The van der Waals surface area contributed by atoms with E-state index in [4.69, 9.17) is 9.47 Å².